The van der Waals surface area contributed by atoms with E-state index in [9.17, 15) is 4.79 Å². The molecule has 0 saturated heterocycles. The minimum absolute atomic E-state index is 0.167. The zero-order valence-corrected chi connectivity index (χ0v) is 16.7. The van der Waals surface area contributed by atoms with Crippen molar-refractivity contribution in [3.05, 3.63) is 65.2 Å². The Hall–Kier alpha value is -2.53. The minimum Gasteiger partial charge on any atom is -0.497 e. The minimum atomic E-state index is -0.169. The van der Waals surface area contributed by atoms with Gasteiger partial charge in [-0.25, -0.2) is 4.79 Å². The third-order valence-corrected chi connectivity index (χ3v) is 3.97. The fourth-order valence-corrected chi connectivity index (χ4v) is 2.49. The quantitative estimate of drug-likeness (QED) is 0.737. The van der Waals surface area contributed by atoms with Crippen molar-refractivity contribution < 1.29 is 14.3 Å². The molecule has 0 atom stereocenters. The van der Waals surface area contributed by atoms with Crippen molar-refractivity contribution in [1.29, 1.82) is 0 Å². The van der Waals surface area contributed by atoms with Crippen LogP contribution in [0.1, 0.15) is 37.5 Å². The highest BCUT2D eigenvalue weighted by Gasteiger charge is 2.10. The van der Waals surface area contributed by atoms with Crippen LogP contribution in [0.25, 0.3) is 0 Å². The number of carbonyl (C=O) groups excluding carboxylic acids is 1. The Balaban J connectivity index is 1.71. The Morgan fingerprint density at radius 2 is 1.67 bits per heavy atom. The van der Waals surface area contributed by atoms with Crippen LogP contribution in [0.15, 0.2) is 48.5 Å². The first-order valence-electron chi connectivity index (χ1n) is 9.22. The van der Waals surface area contributed by atoms with Crippen molar-refractivity contribution in [2.75, 3.05) is 13.7 Å². The van der Waals surface area contributed by atoms with Crippen LogP contribution in [0.2, 0.25) is 0 Å². The highest BCUT2D eigenvalue weighted by Crippen LogP contribution is 2.13. The Bertz CT molecular complexity index is 721. The summed E-state index contributed by atoms with van der Waals surface area (Å²) in [6.07, 6.45) is 0.775. The molecule has 2 amide bonds. The molecule has 0 fully saturated rings. The maximum Gasteiger partial charge on any atom is 0.315 e. The van der Waals surface area contributed by atoms with E-state index < -0.39 is 0 Å². The van der Waals surface area contributed by atoms with Gasteiger partial charge in [0, 0.05) is 13.1 Å². The molecule has 27 heavy (non-hydrogen) atoms. The van der Waals surface area contributed by atoms with E-state index in [0.29, 0.717) is 19.7 Å². The summed E-state index contributed by atoms with van der Waals surface area (Å²) in [6.45, 7) is 7.73. The average molecular weight is 370 g/mol. The first-order valence-corrected chi connectivity index (χ1v) is 9.22. The molecule has 146 valence electrons. The molecule has 0 aliphatic carbocycles. The lowest BCUT2D eigenvalue weighted by molar-refractivity contribution is -0.0149. The lowest BCUT2D eigenvalue weighted by atomic mass is 10.1. The highest BCUT2D eigenvalue weighted by molar-refractivity contribution is 5.73. The van der Waals surface area contributed by atoms with E-state index in [2.05, 4.69) is 16.7 Å². The normalized spacial score (nSPS) is 11.1. The molecule has 0 spiro atoms. The first-order chi connectivity index (χ1) is 12.9. The van der Waals surface area contributed by atoms with Gasteiger partial charge in [0.2, 0.25) is 0 Å². The van der Waals surface area contributed by atoms with Crippen molar-refractivity contribution >= 4 is 6.03 Å². The number of urea groups is 1. The van der Waals surface area contributed by atoms with Gasteiger partial charge in [-0.2, -0.15) is 0 Å². The van der Waals surface area contributed by atoms with Gasteiger partial charge < -0.3 is 20.1 Å². The predicted octanol–water partition coefficient (Wildman–Crippen LogP) is 4.05. The van der Waals surface area contributed by atoms with E-state index >= 15 is 0 Å². The van der Waals surface area contributed by atoms with E-state index in [1.807, 2.05) is 63.2 Å². The van der Waals surface area contributed by atoms with E-state index in [0.717, 1.165) is 28.9 Å². The molecule has 0 heterocycles. The number of amides is 2. The number of nitrogens with one attached hydrogen (secondary N) is 2. The van der Waals surface area contributed by atoms with Gasteiger partial charge in [-0.15, -0.1) is 0 Å². The summed E-state index contributed by atoms with van der Waals surface area (Å²) < 4.78 is 10.9. The third-order valence-electron chi connectivity index (χ3n) is 3.97. The van der Waals surface area contributed by atoms with Gasteiger partial charge in [0.05, 0.1) is 19.3 Å². The SMILES string of the molecule is COc1ccc(CCNC(=O)NCc2cccc(COC(C)(C)C)c2)cc1. The summed E-state index contributed by atoms with van der Waals surface area (Å²) in [7, 11) is 1.65. The second kappa shape index (κ2) is 9.97. The van der Waals surface area contributed by atoms with Crippen LogP contribution in [0, 0.1) is 0 Å². The molecule has 2 rings (SSSR count). The van der Waals surface area contributed by atoms with Gasteiger partial charge in [-0.1, -0.05) is 36.4 Å². The summed E-state index contributed by atoms with van der Waals surface area (Å²) in [6, 6.07) is 15.8. The highest BCUT2D eigenvalue weighted by atomic mass is 16.5. The molecular weight excluding hydrogens is 340 g/mol. The molecular formula is C22H30N2O3. The molecule has 0 saturated carbocycles. The van der Waals surface area contributed by atoms with E-state index in [1.165, 1.54) is 0 Å². The van der Waals surface area contributed by atoms with Crippen molar-refractivity contribution in [1.82, 2.24) is 10.6 Å². The monoisotopic (exact) mass is 370 g/mol. The van der Waals surface area contributed by atoms with Crippen LogP contribution >= 0.6 is 0 Å². The molecule has 0 bridgehead atoms. The van der Waals surface area contributed by atoms with Gasteiger partial charge in [-0.05, 0) is 56.0 Å². The van der Waals surface area contributed by atoms with Gasteiger partial charge in [0.1, 0.15) is 5.75 Å². The fraction of sp³-hybridized carbons (Fsp3) is 0.409. The van der Waals surface area contributed by atoms with E-state index in [4.69, 9.17) is 9.47 Å². The van der Waals surface area contributed by atoms with Crippen LogP contribution in [-0.2, 0) is 24.3 Å². The Labute approximate surface area is 162 Å². The standard InChI is InChI=1S/C22H30N2O3/c1-22(2,3)27-16-19-7-5-6-18(14-19)15-24-21(25)23-13-12-17-8-10-20(26-4)11-9-17/h5-11,14H,12-13,15-16H2,1-4H3,(H2,23,24,25). The summed E-state index contributed by atoms with van der Waals surface area (Å²) in [5.74, 6) is 0.833. The van der Waals surface area contributed by atoms with Crippen molar-refractivity contribution in [2.45, 2.75) is 45.9 Å². The summed E-state index contributed by atoms with van der Waals surface area (Å²) in [5.41, 5.74) is 3.14. The molecule has 2 aromatic rings. The van der Waals surface area contributed by atoms with Gasteiger partial charge in [-0.3, -0.25) is 0 Å². The van der Waals surface area contributed by atoms with Crippen LogP contribution in [0.3, 0.4) is 0 Å². The van der Waals surface area contributed by atoms with Gasteiger partial charge in [0.15, 0.2) is 0 Å². The summed E-state index contributed by atoms with van der Waals surface area (Å²) in [4.78, 5) is 12.0. The number of carbonyl (C=O) groups is 1. The maximum atomic E-state index is 12.0. The molecule has 5 nitrogen and oxygen atoms in total. The number of methoxy groups -OCH3 is 1. The summed E-state index contributed by atoms with van der Waals surface area (Å²) in [5, 5.41) is 5.78. The van der Waals surface area contributed by atoms with Crippen molar-refractivity contribution in [3.63, 3.8) is 0 Å². The van der Waals surface area contributed by atoms with Crippen molar-refractivity contribution in [3.8, 4) is 5.75 Å². The molecule has 0 unspecified atom stereocenters. The number of hydrogen-bond donors (Lipinski definition) is 2. The molecule has 2 aromatic carbocycles. The predicted molar refractivity (Wildman–Crippen MR) is 108 cm³/mol. The number of benzene rings is 2. The number of rotatable bonds is 8. The Morgan fingerprint density at radius 3 is 2.33 bits per heavy atom. The number of ether oxygens (including phenoxy) is 2. The molecule has 0 radical (unpaired) electrons. The Kier molecular flexibility index (Phi) is 7.67. The molecule has 0 aromatic heterocycles. The topological polar surface area (TPSA) is 59.6 Å². The lowest BCUT2D eigenvalue weighted by Gasteiger charge is -2.19. The largest absolute Gasteiger partial charge is 0.497 e. The van der Waals surface area contributed by atoms with Crippen LogP contribution in [0.4, 0.5) is 4.79 Å². The fourth-order valence-electron chi connectivity index (χ4n) is 2.49. The first kappa shape index (κ1) is 20.8. The molecule has 0 aliphatic heterocycles. The summed E-state index contributed by atoms with van der Waals surface area (Å²) >= 11 is 0. The zero-order chi connectivity index (χ0) is 19.7. The average Bonchev–Trinajstić information content (AvgIpc) is 2.65. The van der Waals surface area contributed by atoms with Crippen LogP contribution in [0.5, 0.6) is 5.75 Å². The second-order valence-corrected chi connectivity index (χ2v) is 7.43. The van der Waals surface area contributed by atoms with Crippen LogP contribution in [-0.4, -0.2) is 25.3 Å². The molecule has 0 aliphatic rings. The van der Waals surface area contributed by atoms with Gasteiger partial charge in [0.25, 0.3) is 0 Å². The van der Waals surface area contributed by atoms with Gasteiger partial charge >= 0.3 is 6.03 Å². The smallest absolute Gasteiger partial charge is 0.315 e. The molecule has 5 heteroatoms. The van der Waals surface area contributed by atoms with E-state index in [1.54, 1.807) is 7.11 Å². The Morgan fingerprint density at radius 1 is 0.963 bits per heavy atom. The molecule has 2 N–H and O–H groups in total. The van der Waals surface area contributed by atoms with E-state index in [-0.39, 0.29) is 11.6 Å². The van der Waals surface area contributed by atoms with Crippen LogP contribution < -0.4 is 15.4 Å². The lowest BCUT2D eigenvalue weighted by Crippen LogP contribution is -2.36. The third kappa shape index (κ3) is 8.13. The number of hydrogen-bond acceptors (Lipinski definition) is 3. The van der Waals surface area contributed by atoms with Crippen molar-refractivity contribution in [2.24, 2.45) is 0 Å². The zero-order valence-electron chi connectivity index (χ0n) is 16.7. The second-order valence-electron chi connectivity index (χ2n) is 7.43. The maximum absolute atomic E-state index is 12.0.